The molecule has 1 heterocycles. The molecule has 0 fully saturated rings. The third-order valence-electron chi connectivity index (χ3n) is 2.79. The fourth-order valence-corrected chi connectivity index (χ4v) is 1.89. The van der Waals surface area contributed by atoms with Crippen molar-refractivity contribution in [2.75, 3.05) is 6.54 Å². The molecular formula is C13H13BN2. The number of allylic oxidation sites excluding steroid dienone is 2. The van der Waals surface area contributed by atoms with Crippen LogP contribution in [0.4, 0.5) is 0 Å². The highest BCUT2D eigenvalue weighted by atomic mass is 15.0. The third-order valence-corrected chi connectivity index (χ3v) is 2.79. The van der Waals surface area contributed by atoms with E-state index in [9.17, 15) is 0 Å². The molecule has 1 aromatic carbocycles. The molecule has 1 aliphatic heterocycles. The van der Waals surface area contributed by atoms with E-state index >= 15 is 0 Å². The van der Waals surface area contributed by atoms with Gasteiger partial charge in [-0.15, -0.1) is 0 Å². The van der Waals surface area contributed by atoms with Crippen LogP contribution in [-0.4, -0.2) is 18.2 Å². The summed E-state index contributed by atoms with van der Waals surface area (Å²) in [4.78, 5) is 2.27. The van der Waals surface area contributed by atoms with Crippen LogP contribution in [0, 0.1) is 11.3 Å². The average molecular weight is 208 g/mol. The Morgan fingerprint density at radius 2 is 2.00 bits per heavy atom. The molecule has 0 amide bonds. The van der Waals surface area contributed by atoms with Gasteiger partial charge in [0, 0.05) is 6.54 Å². The maximum atomic E-state index is 8.75. The van der Waals surface area contributed by atoms with Gasteiger partial charge < -0.3 is 4.81 Å². The molecule has 0 spiro atoms. The van der Waals surface area contributed by atoms with Gasteiger partial charge in [-0.1, -0.05) is 29.6 Å². The minimum atomic E-state index is 0.294. The molecule has 0 N–H and O–H groups in total. The Morgan fingerprint density at radius 3 is 2.62 bits per heavy atom. The van der Waals surface area contributed by atoms with Crippen molar-refractivity contribution >= 4 is 12.3 Å². The maximum Gasteiger partial charge on any atom is 0.315 e. The molecule has 0 saturated carbocycles. The van der Waals surface area contributed by atoms with Crippen molar-refractivity contribution in [1.29, 1.82) is 5.26 Å². The van der Waals surface area contributed by atoms with Crippen LogP contribution in [0.2, 0.25) is 0 Å². The molecule has 78 valence electrons. The van der Waals surface area contributed by atoms with Crippen LogP contribution >= 0.6 is 0 Å². The Hall–Kier alpha value is -1.95. The van der Waals surface area contributed by atoms with Crippen LogP contribution in [-0.2, 0) is 0 Å². The lowest BCUT2D eigenvalue weighted by atomic mass is 9.53. The summed E-state index contributed by atoms with van der Waals surface area (Å²) in [6, 6.07) is 9.92. The lowest BCUT2D eigenvalue weighted by Crippen LogP contribution is -2.45. The molecule has 0 atom stereocenters. The standard InChI is InChI=1S/C13H13BN2/c1-2-16-10-4-3-9-14(16)13-7-5-12(11-15)6-8-13/h3-10H,2H2,1H3. The molecule has 2 nitrogen and oxygen atoms in total. The zero-order chi connectivity index (χ0) is 11.4. The van der Waals surface area contributed by atoms with Gasteiger partial charge in [0.15, 0.2) is 0 Å². The summed E-state index contributed by atoms with van der Waals surface area (Å²) in [5, 5.41) is 8.75. The van der Waals surface area contributed by atoms with Gasteiger partial charge >= 0.3 is 6.85 Å². The SMILES string of the molecule is CCN1C=CC=CB1c1ccc(C#N)cc1. The number of hydrogen-bond acceptors (Lipinski definition) is 2. The van der Waals surface area contributed by atoms with Crippen molar-refractivity contribution in [1.82, 2.24) is 4.81 Å². The molecule has 0 saturated heterocycles. The van der Waals surface area contributed by atoms with E-state index in [1.807, 2.05) is 30.3 Å². The number of rotatable bonds is 2. The van der Waals surface area contributed by atoms with Gasteiger partial charge in [0.2, 0.25) is 0 Å². The highest BCUT2D eigenvalue weighted by molar-refractivity contribution is 6.75. The first kappa shape index (κ1) is 10.6. The number of benzene rings is 1. The van der Waals surface area contributed by atoms with Crippen molar-refractivity contribution in [3.8, 4) is 6.07 Å². The number of nitriles is 1. The molecule has 0 aromatic heterocycles. The first-order valence-electron chi connectivity index (χ1n) is 5.46. The molecule has 1 aliphatic rings. The second-order valence-electron chi connectivity index (χ2n) is 3.74. The topological polar surface area (TPSA) is 27.0 Å². The summed E-state index contributed by atoms with van der Waals surface area (Å²) in [5.41, 5.74) is 1.93. The maximum absolute atomic E-state index is 8.75. The van der Waals surface area contributed by atoms with Crippen LogP contribution in [0.25, 0.3) is 0 Å². The van der Waals surface area contributed by atoms with E-state index in [-0.39, 0.29) is 0 Å². The molecule has 2 rings (SSSR count). The quantitative estimate of drug-likeness (QED) is 0.691. The molecule has 0 bridgehead atoms. The summed E-state index contributed by atoms with van der Waals surface area (Å²) < 4.78 is 0. The van der Waals surface area contributed by atoms with Gasteiger partial charge in [-0.2, -0.15) is 5.26 Å². The summed E-state index contributed by atoms with van der Waals surface area (Å²) >= 11 is 0. The minimum Gasteiger partial charge on any atom is -0.413 e. The minimum absolute atomic E-state index is 0.294. The molecule has 0 aliphatic carbocycles. The molecule has 1 aromatic rings. The van der Waals surface area contributed by atoms with E-state index < -0.39 is 0 Å². The normalized spacial score (nSPS) is 14.0. The zero-order valence-electron chi connectivity index (χ0n) is 9.30. The number of hydrogen-bond donors (Lipinski definition) is 0. The van der Waals surface area contributed by atoms with Crippen LogP contribution in [0.5, 0.6) is 0 Å². The van der Waals surface area contributed by atoms with E-state index in [1.54, 1.807) is 0 Å². The van der Waals surface area contributed by atoms with Gasteiger partial charge in [-0.05, 0) is 31.3 Å². The highest BCUT2D eigenvalue weighted by Gasteiger charge is 2.20. The fraction of sp³-hybridized carbons (Fsp3) is 0.154. The van der Waals surface area contributed by atoms with Gasteiger partial charge in [0.1, 0.15) is 0 Å². The third kappa shape index (κ3) is 2.01. The van der Waals surface area contributed by atoms with Crippen molar-refractivity contribution in [2.24, 2.45) is 0 Å². The van der Waals surface area contributed by atoms with Crippen molar-refractivity contribution in [3.05, 3.63) is 54.2 Å². The molecule has 0 radical (unpaired) electrons. The molecule has 16 heavy (non-hydrogen) atoms. The van der Waals surface area contributed by atoms with Crippen LogP contribution in [0.15, 0.2) is 48.6 Å². The average Bonchev–Trinajstić information content (AvgIpc) is 2.39. The lowest BCUT2D eigenvalue weighted by molar-refractivity contribution is 0.617. The molecule has 3 heteroatoms. The zero-order valence-corrected chi connectivity index (χ0v) is 9.30. The Labute approximate surface area is 96.6 Å². The van der Waals surface area contributed by atoms with E-state index in [0.29, 0.717) is 12.4 Å². The van der Waals surface area contributed by atoms with Gasteiger partial charge in [0.25, 0.3) is 0 Å². The van der Waals surface area contributed by atoms with Crippen molar-refractivity contribution in [2.45, 2.75) is 6.92 Å². The van der Waals surface area contributed by atoms with E-state index in [2.05, 4.69) is 36.1 Å². The van der Waals surface area contributed by atoms with Gasteiger partial charge in [-0.25, -0.2) is 0 Å². The monoisotopic (exact) mass is 208 g/mol. The van der Waals surface area contributed by atoms with E-state index in [1.165, 1.54) is 5.46 Å². The highest BCUT2D eigenvalue weighted by Crippen LogP contribution is 2.05. The summed E-state index contributed by atoms with van der Waals surface area (Å²) in [7, 11) is 0. The lowest BCUT2D eigenvalue weighted by Gasteiger charge is -2.26. The Morgan fingerprint density at radius 1 is 1.25 bits per heavy atom. The second kappa shape index (κ2) is 4.72. The van der Waals surface area contributed by atoms with Gasteiger partial charge in [-0.3, -0.25) is 0 Å². The Bertz CT molecular complexity index is 454. The predicted octanol–water partition coefficient (Wildman–Crippen LogP) is 1.70. The fourth-order valence-electron chi connectivity index (χ4n) is 1.89. The van der Waals surface area contributed by atoms with Gasteiger partial charge in [0.05, 0.1) is 11.6 Å². The first-order chi connectivity index (χ1) is 7.85. The molecular weight excluding hydrogens is 195 g/mol. The smallest absolute Gasteiger partial charge is 0.315 e. The van der Waals surface area contributed by atoms with Crippen LogP contribution in [0.3, 0.4) is 0 Å². The number of nitrogens with zero attached hydrogens (tertiary/aromatic N) is 2. The Balaban J connectivity index is 2.26. The van der Waals surface area contributed by atoms with Crippen LogP contribution < -0.4 is 5.46 Å². The molecule has 0 unspecified atom stereocenters. The summed E-state index contributed by atoms with van der Waals surface area (Å²) in [6.45, 7) is 3.41. The predicted molar refractivity (Wildman–Crippen MR) is 67.2 cm³/mol. The summed E-state index contributed by atoms with van der Waals surface area (Å²) in [6.07, 6.45) is 6.21. The summed E-state index contributed by atoms with van der Waals surface area (Å²) in [5.74, 6) is 2.17. The first-order valence-corrected chi connectivity index (χ1v) is 5.46. The van der Waals surface area contributed by atoms with Crippen LogP contribution in [0.1, 0.15) is 12.5 Å². The largest absolute Gasteiger partial charge is 0.413 e. The Kier molecular flexibility index (Phi) is 3.12. The van der Waals surface area contributed by atoms with Crippen molar-refractivity contribution in [3.63, 3.8) is 0 Å². The van der Waals surface area contributed by atoms with Crippen molar-refractivity contribution < 1.29 is 0 Å². The van der Waals surface area contributed by atoms with E-state index in [0.717, 1.165) is 6.54 Å². The second-order valence-corrected chi connectivity index (χ2v) is 3.74. The van der Waals surface area contributed by atoms with E-state index in [4.69, 9.17) is 5.26 Å².